The van der Waals surface area contributed by atoms with Crippen molar-refractivity contribution in [3.8, 4) is 27.9 Å². The molecule has 2 aliphatic rings. The molecule has 9 aromatic carbocycles. The molecule has 12 rings (SSSR count). The molecule has 1 aromatic heterocycles. The summed E-state index contributed by atoms with van der Waals surface area (Å²) in [6, 6.07) is 73.1. The maximum atomic E-state index is 4.11. The van der Waals surface area contributed by atoms with E-state index in [1.165, 1.54) is 104 Å². The smallest absolute Gasteiger partial charge is 0.108 e. The number of hydrogen-bond donors (Lipinski definition) is 0. The van der Waals surface area contributed by atoms with Crippen molar-refractivity contribution in [3.05, 3.63) is 258 Å². The summed E-state index contributed by atoms with van der Waals surface area (Å²) >= 11 is 0. The van der Waals surface area contributed by atoms with E-state index < -0.39 is 8.07 Å². The van der Waals surface area contributed by atoms with E-state index in [4.69, 9.17) is 0 Å². The molecule has 334 valence electrons. The first-order valence-electron chi connectivity index (χ1n) is 24.5. The van der Waals surface area contributed by atoms with Crippen molar-refractivity contribution in [2.75, 3.05) is 4.90 Å². The maximum Gasteiger partial charge on any atom is 0.108 e. The van der Waals surface area contributed by atoms with E-state index in [0.29, 0.717) is 0 Å². The third-order valence-electron chi connectivity index (χ3n) is 15.7. The van der Waals surface area contributed by atoms with Gasteiger partial charge in [-0.1, -0.05) is 190 Å². The largest absolute Gasteiger partial charge is 0.310 e. The standard InChI is InChI=1S/C66H56N2Si/c1-7-8-20-46-39-49-24-18-22-45-23-19-30-57(65(45)49)54-27-13-12-21-47(54)40-48-33-34-53(43-64(48)69(5,6)44(46)2)67(50-25-10-9-11-26-50)51-36-38-63-59(42-51)56-29-15-17-32-62(56)68(63)52-35-37-61-58(41-52)55-28-14-16-31-60(55)66(61,3)4/h7-38,41-43H,1,39-40H2,2-6H3/b20-8-,46-44-. The van der Waals surface area contributed by atoms with Crippen molar-refractivity contribution in [3.63, 3.8) is 0 Å². The van der Waals surface area contributed by atoms with Crippen LogP contribution in [-0.4, -0.2) is 12.6 Å². The Morgan fingerprint density at radius 2 is 1.20 bits per heavy atom. The predicted molar refractivity (Wildman–Crippen MR) is 298 cm³/mol. The molecule has 0 spiro atoms. The van der Waals surface area contributed by atoms with Crippen molar-refractivity contribution in [2.24, 2.45) is 0 Å². The second kappa shape index (κ2) is 16.5. The molecule has 0 bridgehead atoms. The molecule has 2 heterocycles. The number of rotatable bonds is 6. The van der Waals surface area contributed by atoms with E-state index in [1.54, 1.807) is 0 Å². The number of para-hydroxylation sites is 2. The number of anilines is 3. The van der Waals surface area contributed by atoms with Crippen LogP contribution in [0.1, 0.15) is 48.6 Å². The van der Waals surface area contributed by atoms with E-state index in [0.717, 1.165) is 29.9 Å². The second-order valence-electron chi connectivity index (χ2n) is 20.2. The summed E-state index contributed by atoms with van der Waals surface area (Å²) in [5.74, 6) is 0. The Kier molecular flexibility index (Phi) is 10.2. The zero-order valence-electron chi connectivity index (χ0n) is 40.2. The topological polar surface area (TPSA) is 8.17 Å². The van der Waals surface area contributed by atoms with Crippen LogP contribution in [0.25, 0.3) is 60.5 Å². The molecule has 10 aromatic rings. The molecule has 1 aliphatic carbocycles. The third kappa shape index (κ3) is 6.90. The molecule has 0 N–H and O–H groups in total. The van der Waals surface area contributed by atoms with E-state index in [9.17, 15) is 0 Å². The summed E-state index contributed by atoms with van der Waals surface area (Å²) in [4.78, 5) is 2.48. The first-order chi connectivity index (χ1) is 33.6. The van der Waals surface area contributed by atoms with Crippen LogP contribution in [0.15, 0.2) is 230 Å². The lowest BCUT2D eigenvalue weighted by Crippen LogP contribution is -2.46. The van der Waals surface area contributed by atoms with Gasteiger partial charge in [-0.15, -0.1) is 0 Å². The average molecular weight is 905 g/mol. The number of aromatic nitrogens is 1. The highest BCUT2D eigenvalue weighted by Gasteiger charge is 2.36. The van der Waals surface area contributed by atoms with E-state index in [2.05, 4.69) is 256 Å². The summed E-state index contributed by atoms with van der Waals surface area (Å²) < 4.78 is 2.47. The highest BCUT2D eigenvalue weighted by Crippen LogP contribution is 2.50. The molecule has 0 unspecified atom stereocenters. The summed E-state index contributed by atoms with van der Waals surface area (Å²) in [6.07, 6.45) is 8.06. The van der Waals surface area contributed by atoms with Crippen molar-refractivity contribution in [1.29, 1.82) is 0 Å². The highest BCUT2D eigenvalue weighted by atomic mass is 28.3. The quantitative estimate of drug-likeness (QED) is 0.119. The van der Waals surface area contributed by atoms with Crippen LogP contribution in [0.3, 0.4) is 0 Å². The van der Waals surface area contributed by atoms with Gasteiger partial charge >= 0.3 is 0 Å². The number of fused-ring (bicyclic) bond motifs is 9. The molecule has 2 nitrogen and oxygen atoms in total. The molecule has 3 heteroatoms. The fourth-order valence-electron chi connectivity index (χ4n) is 11.9. The van der Waals surface area contributed by atoms with Gasteiger partial charge in [0.1, 0.15) is 8.07 Å². The molecule has 0 atom stereocenters. The van der Waals surface area contributed by atoms with Crippen molar-refractivity contribution < 1.29 is 0 Å². The van der Waals surface area contributed by atoms with Crippen LogP contribution < -0.4 is 10.1 Å². The summed E-state index contributed by atoms with van der Waals surface area (Å²) in [7, 11) is -2.37. The number of benzene rings is 9. The van der Waals surface area contributed by atoms with E-state index >= 15 is 0 Å². The number of nitrogens with zero attached hydrogens (tertiary/aromatic N) is 2. The van der Waals surface area contributed by atoms with Gasteiger partial charge in [0.25, 0.3) is 0 Å². The molecule has 0 saturated heterocycles. The molecular formula is C66H56N2Si. The lowest BCUT2D eigenvalue weighted by molar-refractivity contribution is 0.660. The second-order valence-corrected chi connectivity index (χ2v) is 24.7. The summed E-state index contributed by atoms with van der Waals surface area (Å²) in [6.45, 7) is 16.3. The molecule has 1 aliphatic heterocycles. The normalized spacial score (nSPS) is 15.8. The molecule has 0 saturated carbocycles. The fourth-order valence-corrected chi connectivity index (χ4v) is 14.8. The van der Waals surface area contributed by atoms with Crippen LogP contribution in [0, 0.1) is 0 Å². The maximum absolute atomic E-state index is 4.11. The Hall–Kier alpha value is -7.72. The zero-order chi connectivity index (χ0) is 47.0. The van der Waals surface area contributed by atoms with Crippen molar-refractivity contribution in [1.82, 2.24) is 4.57 Å². The van der Waals surface area contributed by atoms with Crippen LogP contribution in [0.5, 0.6) is 0 Å². The van der Waals surface area contributed by atoms with Gasteiger partial charge in [-0.3, -0.25) is 0 Å². The Bertz CT molecular complexity index is 3760. The number of hydrogen-bond acceptors (Lipinski definition) is 1. The average Bonchev–Trinajstić information content (AvgIpc) is 3.83. The lowest BCUT2D eigenvalue weighted by Gasteiger charge is -2.33. The highest BCUT2D eigenvalue weighted by molar-refractivity contribution is 6.96. The Balaban J connectivity index is 1.05. The molecule has 0 amide bonds. The summed E-state index contributed by atoms with van der Waals surface area (Å²) in [5, 5.41) is 8.05. The first kappa shape index (κ1) is 42.6. The predicted octanol–water partition coefficient (Wildman–Crippen LogP) is 17.0. The van der Waals surface area contributed by atoms with E-state index in [1.807, 2.05) is 6.08 Å². The number of allylic oxidation sites excluding steroid dienone is 5. The Morgan fingerprint density at radius 3 is 2.04 bits per heavy atom. The van der Waals surface area contributed by atoms with Crippen molar-refractivity contribution >= 4 is 62.9 Å². The van der Waals surface area contributed by atoms with Gasteiger partial charge in [-0.05, 0) is 152 Å². The zero-order valence-corrected chi connectivity index (χ0v) is 41.2. The van der Waals surface area contributed by atoms with Crippen LogP contribution in [0.4, 0.5) is 17.1 Å². The van der Waals surface area contributed by atoms with Gasteiger partial charge in [-0.2, -0.15) is 0 Å². The lowest BCUT2D eigenvalue weighted by atomic mass is 9.82. The molecule has 0 fully saturated rings. The Morgan fingerprint density at radius 1 is 0.536 bits per heavy atom. The minimum Gasteiger partial charge on any atom is -0.310 e. The van der Waals surface area contributed by atoms with Crippen LogP contribution >= 0.6 is 0 Å². The monoisotopic (exact) mass is 904 g/mol. The molecule has 69 heavy (non-hydrogen) atoms. The first-order valence-corrected chi connectivity index (χ1v) is 27.5. The fraction of sp³-hybridized carbons (Fsp3) is 0.121. The molecular weight excluding hydrogens is 849 g/mol. The SMILES string of the molecule is C=C/C=C\C1=C(/C)[Si](C)(C)c2cc(N(c3ccccc3)c3ccc4c(c3)c3ccccc3n4-c3ccc4c(c3)-c3ccccc3C4(C)C)ccc2Cc2ccccc2-c2cccc3cccc(c23)C1. The van der Waals surface area contributed by atoms with Gasteiger partial charge in [0.15, 0.2) is 0 Å². The van der Waals surface area contributed by atoms with Gasteiger partial charge in [-0.25, -0.2) is 0 Å². The summed E-state index contributed by atoms with van der Waals surface area (Å²) in [5.41, 5.74) is 20.5. The van der Waals surface area contributed by atoms with Crippen molar-refractivity contribution in [2.45, 2.75) is 52.1 Å². The van der Waals surface area contributed by atoms with E-state index in [-0.39, 0.29) is 5.41 Å². The van der Waals surface area contributed by atoms with Gasteiger partial charge < -0.3 is 9.47 Å². The Labute approximate surface area is 407 Å². The third-order valence-corrected chi connectivity index (χ3v) is 19.7. The van der Waals surface area contributed by atoms with Crippen LogP contribution in [-0.2, 0) is 18.3 Å². The minimum absolute atomic E-state index is 0.0449. The van der Waals surface area contributed by atoms with Gasteiger partial charge in [0.05, 0.1) is 11.0 Å². The van der Waals surface area contributed by atoms with Crippen LogP contribution in [0.2, 0.25) is 13.1 Å². The molecule has 0 radical (unpaired) electrons. The minimum atomic E-state index is -2.37. The van der Waals surface area contributed by atoms with Gasteiger partial charge in [0.2, 0.25) is 0 Å². The van der Waals surface area contributed by atoms with Gasteiger partial charge in [0, 0.05) is 38.9 Å².